The smallest absolute Gasteiger partial charge is 0.0733 e. The third kappa shape index (κ3) is 4.94. The standard InChI is InChI=1S/C12H24N2S/c1-3-4-5-8-14(2)10-12(6-7-12)9-11(13)15/h3-10H2,1-2H3,(H2,13,15). The molecule has 1 rings (SSSR count). The summed E-state index contributed by atoms with van der Waals surface area (Å²) in [6, 6.07) is 0. The lowest BCUT2D eigenvalue weighted by Gasteiger charge is -2.23. The van der Waals surface area contributed by atoms with E-state index in [0.29, 0.717) is 10.4 Å². The van der Waals surface area contributed by atoms with E-state index in [2.05, 4.69) is 18.9 Å². The van der Waals surface area contributed by atoms with Gasteiger partial charge in [-0.2, -0.15) is 0 Å². The van der Waals surface area contributed by atoms with Crippen molar-refractivity contribution < 1.29 is 0 Å². The zero-order valence-corrected chi connectivity index (χ0v) is 10.9. The molecule has 0 radical (unpaired) electrons. The molecule has 0 unspecified atom stereocenters. The molecule has 0 heterocycles. The molecule has 15 heavy (non-hydrogen) atoms. The maximum absolute atomic E-state index is 5.63. The highest BCUT2D eigenvalue weighted by molar-refractivity contribution is 7.80. The summed E-state index contributed by atoms with van der Waals surface area (Å²) < 4.78 is 0. The molecule has 1 fully saturated rings. The predicted molar refractivity (Wildman–Crippen MR) is 70.1 cm³/mol. The van der Waals surface area contributed by atoms with Gasteiger partial charge in [-0.15, -0.1) is 0 Å². The topological polar surface area (TPSA) is 29.3 Å². The van der Waals surface area contributed by atoms with Gasteiger partial charge in [0.1, 0.15) is 0 Å². The molecule has 0 atom stereocenters. The van der Waals surface area contributed by atoms with Gasteiger partial charge >= 0.3 is 0 Å². The van der Waals surface area contributed by atoms with Crippen LogP contribution >= 0.6 is 12.2 Å². The minimum Gasteiger partial charge on any atom is -0.393 e. The Morgan fingerprint density at radius 3 is 2.53 bits per heavy atom. The second kappa shape index (κ2) is 5.80. The fraction of sp³-hybridized carbons (Fsp3) is 0.917. The highest BCUT2D eigenvalue weighted by Gasteiger charge is 2.43. The second-order valence-electron chi connectivity index (χ2n) is 5.09. The Morgan fingerprint density at radius 2 is 2.07 bits per heavy atom. The molecule has 88 valence electrons. The van der Waals surface area contributed by atoms with E-state index in [0.717, 1.165) is 6.42 Å². The van der Waals surface area contributed by atoms with E-state index in [4.69, 9.17) is 18.0 Å². The number of unbranched alkanes of at least 4 members (excludes halogenated alkanes) is 2. The van der Waals surface area contributed by atoms with Gasteiger partial charge in [0.2, 0.25) is 0 Å². The van der Waals surface area contributed by atoms with Crippen LogP contribution in [0, 0.1) is 5.41 Å². The maximum atomic E-state index is 5.63. The van der Waals surface area contributed by atoms with Crippen molar-refractivity contribution in [2.75, 3.05) is 20.1 Å². The first-order chi connectivity index (χ1) is 7.08. The van der Waals surface area contributed by atoms with Crippen molar-refractivity contribution in [2.24, 2.45) is 11.1 Å². The molecular weight excluding hydrogens is 204 g/mol. The van der Waals surface area contributed by atoms with Crippen molar-refractivity contribution in [1.82, 2.24) is 4.90 Å². The van der Waals surface area contributed by atoms with Gasteiger partial charge in [-0.1, -0.05) is 32.0 Å². The minimum atomic E-state index is 0.451. The summed E-state index contributed by atoms with van der Waals surface area (Å²) in [6.45, 7) is 4.64. The van der Waals surface area contributed by atoms with E-state index in [1.807, 2.05) is 0 Å². The summed E-state index contributed by atoms with van der Waals surface area (Å²) in [7, 11) is 2.22. The third-order valence-corrected chi connectivity index (χ3v) is 3.40. The van der Waals surface area contributed by atoms with E-state index in [1.165, 1.54) is 45.2 Å². The largest absolute Gasteiger partial charge is 0.393 e. The van der Waals surface area contributed by atoms with Gasteiger partial charge in [-0.3, -0.25) is 0 Å². The van der Waals surface area contributed by atoms with E-state index >= 15 is 0 Å². The lowest BCUT2D eigenvalue weighted by molar-refractivity contribution is 0.262. The van der Waals surface area contributed by atoms with Crippen LogP contribution in [0.25, 0.3) is 0 Å². The fourth-order valence-electron chi connectivity index (χ4n) is 2.22. The van der Waals surface area contributed by atoms with E-state index in [-0.39, 0.29) is 0 Å². The predicted octanol–water partition coefficient (Wildman–Crippen LogP) is 2.56. The van der Waals surface area contributed by atoms with E-state index in [1.54, 1.807) is 0 Å². The van der Waals surface area contributed by atoms with E-state index < -0.39 is 0 Å². The molecule has 0 saturated heterocycles. The Kier molecular flexibility index (Phi) is 5.00. The number of rotatable bonds is 8. The molecule has 0 aromatic carbocycles. The van der Waals surface area contributed by atoms with Crippen LogP contribution in [0.5, 0.6) is 0 Å². The highest BCUT2D eigenvalue weighted by Crippen LogP contribution is 2.49. The van der Waals surface area contributed by atoms with Gasteiger partial charge < -0.3 is 10.6 Å². The van der Waals surface area contributed by atoms with E-state index in [9.17, 15) is 0 Å². The lowest BCUT2D eigenvalue weighted by atomic mass is 10.0. The summed E-state index contributed by atoms with van der Waals surface area (Å²) in [6.07, 6.45) is 7.51. The minimum absolute atomic E-state index is 0.451. The molecule has 3 heteroatoms. The van der Waals surface area contributed by atoms with Crippen molar-refractivity contribution in [1.29, 1.82) is 0 Å². The number of hydrogen-bond donors (Lipinski definition) is 1. The molecule has 0 bridgehead atoms. The first-order valence-electron chi connectivity index (χ1n) is 6.05. The van der Waals surface area contributed by atoms with Crippen molar-refractivity contribution in [3.8, 4) is 0 Å². The van der Waals surface area contributed by atoms with Crippen molar-refractivity contribution in [3.05, 3.63) is 0 Å². The third-order valence-electron chi connectivity index (χ3n) is 3.26. The first kappa shape index (κ1) is 12.9. The molecule has 1 aliphatic carbocycles. The summed E-state index contributed by atoms with van der Waals surface area (Å²) in [5, 5.41) is 0. The molecular formula is C12H24N2S. The number of nitrogens with two attached hydrogens (primary N) is 1. The van der Waals surface area contributed by atoms with Crippen LogP contribution in [0.4, 0.5) is 0 Å². The molecule has 2 nitrogen and oxygen atoms in total. The molecule has 1 saturated carbocycles. The molecule has 0 aliphatic heterocycles. The van der Waals surface area contributed by atoms with Gasteiger partial charge in [0, 0.05) is 13.0 Å². The molecule has 2 N–H and O–H groups in total. The monoisotopic (exact) mass is 228 g/mol. The fourth-order valence-corrected chi connectivity index (χ4v) is 2.53. The van der Waals surface area contributed by atoms with Crippen molar-refractivity contribution in [3.63, 3.8) is 0 Å². The van der Waals surface area contributed by atoms with Gasteiger partial charge in [-0.05, 0) is 38.3 Å². The van der Waals surface area contributed by atoms with Crippen LogP contribution in [0.3, 0.4) is 0 Å². The normalized spacial score (nSPS) is 18.1. The number of nitrogens with zero attached hydrogens (tertiary/aromatic N) is 1. The Balaban J connectivity index is 2.19. The van der Waals surface area contributed by atoms with Crippen LogP contribution in [0.2, 0.25) is 0 Å². The Hall–Kier alpha value is -0.150. The van der Waals surface area contributed by atoms with Crippen LogP contribution in [0.15, 0.2) is 0 Å². The van der Waals surface area contributed by atoms with Crippen molar-refractivity contribution in [2.45, 2.75) is 45.4 Å². The summed E-state index contributed by atoms with van der Waals surface area (Å²) in [5.41, 5.74) is 6.08. The molecule has 1 aliphatic rings. The Labute approximate surface area is 99.2 Å². The Morgan fingerprint density at radius 1 is 1.40 bits per heavy atom. The quantitative estimate of drug-likeness (QED) is 0.511. The average Bonchev–Trinajstić information content (AvgIpc) is 2.83. The zero-order chi connectivity index (χ0) is 11.3. The zero-order valence-electron chi connectivity index (χ0n) is 10.1. The number of hydrogen-bond acceptors (Lipinski definition) is 2. The van der Waals surface area contributed by atoms with Crippen LogP contribution in [-0.4, -0.2) is 30.0 Å². The van der Waals surface area contributed by atoms with Gasteiger partial charge in [-0.25, -0.2) is 0 Å². The lowest BCUT2D eigenvalue weighted by Crippen LogP contribution is -2.30. The van der Waals surface area contributed by atoms with Crippen LogP contribution < -0.4 is 5.73 Å². The number of thiocarbonyl (C=S) groups is 1. The maximum Gasteiger partial charge on any atom is 0.0733 e. The van der Waals surface area contributed by atoms with Crippen molar-refractivity contribution >= 4 is 17.2 Å². The molecule has 0 spiro atoms. The SMILES string of the molecule is CCCCCN(C)CC1(CC(N)=S)CC1. The Bertz CT molecular complexity index is 212. The summed E-state index contributed by atoms with van der Waals surface area (Å²) >= 11 is 5.00. The average molecular weight is 228 g/mol. The van der Waals surface area contributed by atoms with Crippen LogP contribution in [-0.2, 0) is 0 Å². The van der Waals surface area contributed by atoms with Gasteiger partial charge in [0.05, 0.1) is 4.99 Å². The highest BCUT2D eigenvalue weighted by atomic mass is 32.1. The molecule has 0 amide bonds. The van der Waals surface area contributed by atoms with Gasteiger partial charge in [0.25, 0.3) is 0 Å². The van der Waals surface area contributed by atoms with Crippen LogP contribution in [0.1, 0.15) is 45.4 Å². The summed E-state index contributed by atoms with van der Waals surface area (Å²) in [5.74, 6) is 0. The van der Waals surface area contributed by atoms with Gasteiger partial charge in [0.15, 0.2) is 0 Å². The molecule has 0 aromatic heterocycles. The first-order valence-corrected chi connectivity index (χ1v) is 6.46. The summed E-state index contributed by atoms with van der Waals surface area (Å²) in [4.78, 5) is 3.13. The second-order valence-corrected chi connectivity index (χ2v) is 5.61. The molecule has 0 aromatic rings.